The van der Waals surface area contributed by atoms with Gasteiger partial charge >= 0.3 is 0 Å². The molecule has 96 valence electrons. The van der Waals surface area contributed by atoms with E-state index in [9.17, 15) is 0 Å². The van der Waals surface area contributed by atoms with Crippen LogP contribution < -0.4 is 5.32 Å². The molecule has 2 rings (SSSR count). The highest BCUT2D eigenvalue weighted by atomic mass is 32.2. The number of hydrogen-bond donors (Lipinski definition) is 1. The first-order valence-electron chi connectivity index (χ1n) is 6.70. The minimum absolute atomic E-state index is 0.852. The molecule has 2 heterocycles. The standard InChI is InChI=1S/C14H24N2S/c1-4-16-11(2)8-13(12(16)3)9-15-10-14-6-5-7-17-14/h8,14-15H,4-7,9-10H2,1-3H3. The van der Waals surface area contributed by atoms with Gasteiger partial charge in [0.15, 0.2) is 0 Å². The summed E-state index contributed by atoms with van der Waals surface area (Å²) in [6, 6.07) is 2.33. The van der Waals surface area contributed by atoms with Crippen molar-refractivity contribution in [3.8, 4) is 0 Å². The zero-order chi connectivity index (χ0) is 12.3. The topological polar surface area (TPSA) is 17.0 Å². The van der Waals surface area contributed by atoms with Crippen molar-refractivity contribution in [2.24, 2.45) is 0 Å². The van der Waals surface area contributed by atoms with E-state index in [-0.39, 0.29) is 0 Å². The van der Waals surface area contributed by atoms with Crippen LogP contribution in [-0.4, -0.2) is 22.1 Å². The normalized spacial score (nSPS) is 20.1. The fourth-order valence-electron chi connectivity index (χ4n) is 2.71. The van der Waals surface area contributed by atoms with Gasteiger partial charge in [-0.25, -0.2) is 0 Å². The van der Waals surface area contributed by atoms with Crippen molar-refractivity contribution in [3.05, 3.63) is 23.0 Å². The van der Waals surface area contributed by atoms with E-state index in [4.69, 9.17) is 0 Å². The molecule has 1 fully saturated rings. The summed E-state index contributed by atoms with van der Waals surface area (Å²) < 4.78 is 2.39. The molecule has 0 aliphatic carbocycles. The third-order valence-corrected chi connectivity index (χ3v) is 5.10. The molecule has 0 radical (unpaired) electrons. The van der Waals surface area contributed by atoms with Gasteiger partial charge < -0.3 is 9.88 Å². The second-order valence-electron chi connectivity index (χ2n) is 4.91. The lowest BCUT2D eigenvalue weighted by molar-refractivity contribution is 0.640. The first kappa shape index (κ1) is 13.0. The van der Waals surface area contributed by atoms with Crippen LogP contribution in [0.1, 0.15) is 36.7 Å². The van der Waals surface area contributed by atoms with Crippen LogP contribution in [0.3, 0.4) is 0 Å². The maximum atomic E-state index is 3.61. The Labute approximate surface area is 109 Å². The number of thioether (sulfide) groups is 1. The van der Waals surface area contributed by atoms with Crippen LogP contribution in [0.25, 0.3) is 0 Å². The van der Waals surface area contributed by atoms with Gasteiger partial charge in [-0.2, -0.15) is 11.8 Å². The second kappa shape index (κ2) is 5.96. The molecule has 0 amide bonds. The first-order valence-corrected chi connectivity index (χ1v) is 7.75. The molecule has 0 bridgehead atoms. The van der Waals surface area contributed by atoms with E-state index in [1.807, 2.05) is 0 Å². The van der Waals surface area contributed by atoms with Crippen LogP contribution in [0, 0.1) is 13.8 Å². The van der Waals surface area contributed by atoms with Crippen molar-refractivity contribution in [1.82, 2.24) is 9.88 Å². The summed E-state index contributed by atoms with van der Waals surface area (Å²) in [5.74, 6) is 1.36. The number of hydrogen-bond acceptors (Lipinski definition) is 2. The summed E-state index contributed by atoms with van der Waals surface area (Å²) in [7, 11) is 0. The number of nitrogens with one attached hydrogen (secondary N) is 1. The first-order chi connectivity index (χ1) is 8.22. The van der Waals surface area contributed by atoms with Crippen molar-refractivity contribution >= 4 is 11.8 Å². The van der Waals surface area contributed by atoms with Gasteiger partial charge in [0.05, 0.1) is 0 Å². The van der Waals surface area contributed by atoms with Crippen molar-refractivity contribution in [3.63, 3.8) is 0 Å². The molecular formula is C14H24N2S. The van der Waals surface area contributed by atoms with E-state index in [1.54, 1.807) is 0 Å². The monoisotopic (exact) mass is 252 g/mol. The zero-order valence-corrected chi connectivity index (χ0v) is 12.1. The predicted molar refractivity (Wildman–Crippen MR) is 76.8 cm³/mol. The average molecular weight is 252 g/mol. The fourth-order valence-corrected chi connectivity index (χ4v) is 3.95. The predicted octanol–water partition coefficient (Wildman–Crippen LogP) is 3.11. The lowest BCUT2D eigenvalue weighted by Gasteiger charge is -2.10. The summed E-state index contributed by atoms with van der Waals surface area (Å²) in [5, 5.41) is 4.47. The Morgan fingerprint density at radius 1 is 1.47 bits per heavy atom. The third-order valence-electron chi connectivity index (χ3n) is 3.71. The molecule has 1 aromatic heterocycles. The van der Waals surface area contributed by atoms with E-state index in [1.165, 1.54) is 42.1 Å². The van der Waals surface area contributed by atoms with E-state index in [0.717, 1.165) is 18.3 Å². The Kier molecular flexibility index (Phi) is 4.57. The van der Waals surface area contributed by atoms with Gasteiger partial charge in [-0.1, -0.05) is 0 Å². The Morgan fingerprint density at radius 3 is 2.88 bits per heavy atom. The molecule has 1 saturated heterocycles. The Balaban J connectivity index is 1.86. The van der Waals surface area contributed by atoms with E-state index < -0.39 is 0 Å². The number of aromatic nitrogens is 1. The Morgan fingerprint density at radius 2 is 2.29 bits per heavy atom. The highest BCUT2D eigenvalue weighted by Crippen LogP contribution is 2.25. The molecule has 1 atom stereocenters. The molecule has 17 heavy (non-hydrogen) atoms. The smallest absolute Gasteiger partial charge is 0.0223 e. The van der Waals surface area contributed by atoms with Crippen LogP contribution in [0.15, 0.2) is 6.07 Å². The highest BCUT2D eigenvalue weighted by molar-refractivity contribution is 8.00. The number of aryl methyl sites for hydroxylation is 1. The molecule has 0 saturated carbocycles. The maximum absolute atomic E-state index is 3.61. The van der Waals surface area contributed by atoms with E-state index in [0.29, 0.717) is 0 Å². The second-order valence-corrected chi connectivity index (χ2v) is 6.31. The fraction of sp³-hybridized carbons (Fsp3) is 0.714. The molecule has 2 nitrogen and oxygen atoms in total. The van der Waals surface area contributed by atoms with Crippen LogP contribution in [0.2, 0.25) is 0 Å². The lowest BCUT2D eigenvalue weighted by Crippen LogP contribution is -2.22. The van der Waals surface area contributed by atoms with Gasteiger partial charge in [-0.15, -0.1) is 0 Å². The molecule has 1 aliphatic rings. The summed E-state index contributed by atoms with van der Waals surface area (Å²) in [4.78, 5) is 0. The molecule has 1 N–H and O–H groups in total. The van der Waals surface area contributed by atoms with Crippen LogP contribution in [-0.2, 0) is 13.1 Å². The SMILES string of the molecule is CCn1c(C)cc(CNCC2CCCS2)c1C. The summed E-state index contributed by atoms with van der Waals surface area (Å²) in [6.07, 6.45) is 2.80. The molecular weight excluding hydrogens is 228 g/mol. The van der Waals surface area contributed by atoms with Gasteiger partial charge in [0, 0.05) is 36.3 Å². The minimum Gasteiger partial charge on any atom is -0.349 e. The average Bonchev–Trinajstić information content (AvgIpc) is 2.89. The molecule has 1 aliphatic heterocycles. The summed E-state index contributed by atoms with van der Waals surface area (Å²) in [6.45, 7) is 9.92. The van der Waals surface area contributed by atoms with Crippen molar-refractivity contribution in [2.45, 2.75) is 52.0 Å². The Hall–Kier alpha value is -0.410. The van der Waals surface area contributed by atoms with Crippen LogP contribution in [0.4, 0.5) is 0 Å². The van der Waals surface area contributed by atoms with Gasteiger partial charge in [-0.3, -0.25) is 0 Å². The van der Waals surface area contributed by atoms with Gasteiger partial charge in [-0.05, 0) is 51.0 Å². The summed E-state index contributed by atoms with van der Waals surface area (Å²) in [5.41, 5.74) is 4.28. The quantitative estimate of drug-likeness (QED) is 0.867. The maximum Gasteiger partial charge on any atom is 0.0223 e. The lowest BCUT2D eigenvalue weighted by atomic mass is 10.2. The van der Waals surface area contributed by atoms with Gasteiger partial charge in [0.2, 0.25) is 0 Å². The van der Waals surface area contributed by atoms with Crippen molar-refractivity contribution < 1.29 is 0 Å². The highest BCUT2D eigenvalue weighted by Gasteiger charge is 2.15. The summed E-state index contributed by atoms with van der Waals surface area (Å²) >= 11 is 2.13. The van der Waals surface area contributed by atoms with Crippen LogP contribution >= 0.6 is 11.8 Å². The van der Waals surface area contributed by atoms with E-state index >= 15 is 0 Å². The minimum atomic E-state index is 0.852. The molecule has 1 aromatic rings. The van der Waals surface area contributed by atoms with E-state index in [2.05, 4.69) is 48.5 Å². The molecule has 0 aromatic carbocycles. The Bertz CT molecular complexity index is 365. The zero-order valence-electron chi connectivity index (χ0n) is 11.3. The van der Waals surface area contributed by atoms with Crippen molar-refractivity contribution in [2.75, 3.05) is 12.3 Å². The number of nitrogens with zero attached hydrogens (tertiary/aromatic N) is 1. The largest absolute Gasteiger partial charge is 0.349 e. The van der Waals surface area contributed by atoms with Crippen molar-refractivity contribution in [1.29, 1.82) is 0 Å². The number of rotatable bonds is 5. The molecule has 1 unspecified atom stereocenters. The van der Waals surface area contributed by atoms with Crippen LogP contribution in [0.5, 0.6) is 0 Å². The molecule has 3 heteroatoms. The van der Waals surface area contributed by atoms with Gasteiger partial charge in [0.25, 0.3) is 0 Å². The third kappa shape index (κ3) is 3.08. The van der Waals surface area contributed by atoms with Gasteiger partial charge in [0.1, 0.15) is 0 Å². The molecule has 0 spiro atoms.